The molecule has 6 rings (SSSR count). The highest BCUT2D eigenvalue weighted by molar-refractivity contribution is 7.86. The first-order valence-electron chi connectivity index (χ1n) is 12.4. The minimum absolute atomic E-state index is 0.250. The summed E-state index contributed by atoms with van der Waals surface area (Å²) in [6, 6.07) is 36.3. The number of phenolic OH excluding ortho intramolecular Hbond substituents is 2. The minimum atomic E-state index is -5.84. The third-order valence-electron chi connectivity index (χ3n) is 6.80. The maximum Gasteiger partial charge on any atom is 0.522 e. The van der Waals surface area contributed by atoms with E-state index >= 15 is 0 Å². The molecule has 0 radical (unpaired) electrons. The number of rotatable bonds is 3. The van der Waals surface area contributed by atoms with Gasteiger partial charge in [-0.2, -0.15) is 21.6 Å². The maximum atomic E-state index is 10.7. The third kappa shape index (κ3) is 5.68. The average Bonchev–Trinajstić information content (AvgIpc) is 3.31. The first-order chi connectivity index (χ1) is 19.4. The Labute approximate surface area is 234 Å². The molecule has 0 fully saturated rings. The zero-order chi connectivity index (χ0) is 29.4. The SMILES string of the molecule is O=S(=O)(O)C(F)(F)F.Oc1ccc(-c2cc3c(c(-c4ccccc4)c2-c2ccc(O)cc2)Cc2ccccc2-3)cc1. The minimum Gasteiger partial charge on any atom is -0.508 e. The number of alkyl halides is 3. The summed E-state index contributed by atoms with van der Waals surface area (Å²) in [6.07, 6.45) is 0.886. The Hall–Kier alpha value is -4.60. The summed E-state index contributed by atoms with van der Waals surface area (Å²) in [4.78, 5) is 0. The van der Waals surface area contributed by atoms with Crippen LogP contribution in [0.5, 0.6) is 11.5 Å². The molecule has 5 aromatic carbocycles. The van der Waals surface area contributed by atoms with Gasteiger partial charge in [-0.3, -0.25) is 4.55 Å². The van der Waals surface area contributed by atoms with Crippen LogP contribution in [0.25, 0.3) is 44.5 Å². The van der Waals surface area contributed by atoms with Crippen LogP contribution in [-0.4, -0.2) is 28.7 Å². The molecule has 0 spiro atoms. The van der Waals surface area contributed by atoms with E-state index in [-0.39, 0.29) is 11.5 Å². The van der Waals surface area contributed by atoms with Crippen molar-refractivity contribution in [1.82, 2.24) is 0 Å². The maximum absolute atomic E-state index is 10.7. The van der Waals surface area contributed by atoms with Gasteiger partial charge in [0.2, 0.25) is 0 Å². The summed E-state index contributed by atoms with van der Waals surface area (Å²) in [7, 11) is -5.84. The van der Waals surface area contributed by atoms with Crippen molar-refractivity contribution in [1.29, 1.82) is 0 Å². The summed E-state index contributed by atoms with van der Waals surface area (Å²) >= 11 is 0. The summed E-state index contributed by atoms with van der Waals surface area (Å²) < 4.78 is 57.5. The molecule has 1 aliphatic rings. The van der Waals surface area contributed by atoms with Crippen LogP contribution in [0.1, 0.15) is 11.1 Å². The van der Waals surface area contributed by atoms with Crippen molar-refractivity contribution in [3.05, 3.63) is 120 Å². The molecule has 5 aromatic rings. The normalized spacial score (nSPS) is 12.2. The fraction of sp³-hybridized carbons (Fsp3) is 0.0625. The molecular formula is C32H23F3O5S. The van der Waals surface area contributed by atoms with Crippen molar-refractivity contribution in [3.63, 3.8) is 0 Å². The van der Waals surface area contributed by atoms with Crippen LogP contribution in [0.2, 0.25) is 0 Å². The predicted octanol–water partition coefficient (Wildman–Crippen LogP) is 8.06. The lowest BCUT2D eigenvalue weighted by Crippen LogP contribution is -2.21. The van der Waals surface area contributed by atoms with Crippen molar-refractivity contribution >= 4 is 10.1 Å². The number of halogens is 3. The Morgan fingerprint density at radius 1 is 0.585 bits per heavy atom. The van der Waals surface area contributed by atoms with E-state index in [1.807, 2.05) is 30.3 Å². The van der Waals surface area contributed by atoms with E-state index in [0.29, 0.717) is 0 Å². The fourth-order valence-electron chi connectivity index (χ4n) is 5.00. The van der Waals surface area contributed by atoms with Gasteiger partial charge in [0.05, 0.1) is 0 Å². The first-order valence-corrected chi connectivity index (χ1v) is 13.8. The van der Waals surface area contributed by atoms with Crippen LogP contribution in [0, 0.1) is 0 Å². The molecule has 0 saturated carbocycles. The van der Waals surface area contributed by atoms with E-state index in [1.165, 1.54) is 33.4 Å². The van der Waals surface area contributed by atoms with Gasteiger partial charge in [0.25, 0.3) is 0 Å². The van der Waals surface area contributed by atoms with Crippen LogP contribution >= 0.6 is 0 Å². The van der Waals surface area contributed by atoms with E-state index in [1.54, 1.807) is 24.3 Å². The molecule has 208 valence electrons. The van der Waals surface area contributed by atoms with Gasteiger partial charge < -0.3 is 10.2 Å². The first kappa shape index (κ1) is 27.9. The Kier molecular flexibility index (Phi) is 7.33. The van der Waals surface area contributed by atoms with Gasteiger partial charge in [0.1, 0.15) is 11.5 Å². The molecule has 0 aromatic heterocycles. The van der Waals surface area contributed by atoms with Crippen LogP contribution in [0.3, 0.4) is 0 Å². The molecule has 0 aliphatic heterocycles. The quantitative estimate of drug-likeness (QED) is 0.146. The van der Waals surface area contributed by atoms with Crippen molar-refractivity contribution in [2.24, 2.45) is 0 Å². The van der Waals surface area contributed by atoms with Gasteiger partial charge >= 0.3 is 15.6 Å². The van der Waals surface area contributed by atoms with Gasteiger partial charge in [0.15, 0.2) is 0 Å². The molecule has 5 nitrogen and oxygen atoms in total. The van der Waals surface area contributed by atoms with Gasteiger partial charge in [-0.05, 0) is 92.4 Å². The molecule has 0 atom stereocenters. The average molecular weight is 577 g/mol. The number of benzene rings is 5. The van der Waals surface area contributed by atoms with E-state index < -0.39 is 15.6 Å². The predicted molar refractivity (Wildman–Crippen MR) is 152 cm³/mol. The number of phenols is 2. The Morgan fingerprint density at radius 2 is 1.07 bits per heavy atom. The van der Waals surface area contributed by atoms with Crippen molar-refractivity contribution in [2.75, 3.05) is 0 Å². The monoisotopic (exact) mass is 576 g/mol. The van der Waals surface area contributed by atoms with Crippen LogP contribution < -0.4 is 0 Å². The number of aromatic hydroxyl groups is 2. The lowest BCUT2D eigenvalue weighted by Gasteiger charge is -2.21. The lowest BCUT2D eigenvalue weighted by molar-refractivity contribution is -0.0510. The van der Waals surface area contributed by atoms with Crippen LogP contribution in [-0.2, 0) is 16.5 Å². The number of hydrogen-bond donors (Lipinski definition) is 3. The zero-order valence-electron chi connectivity index (χ0n) is 21.3. The third-order valence-corrected chi connectivity index (χ3v) is 7.38. The van der Waals surface area contributed by atoms with E-state index in [2.05, 4.69) is 54.6 Å². The van der Waals surface area contributed by atoms with Crippen molar-refractivity contribution in [2.45, 2.75) is 11.9 Å². The van der Waals surface area contributed by atoms with E-state index in [4.69, 9.17) is 13.0 Å². The van der Waals surface area contributed by atoms with Gasteiger partial charge in [0, 0.05) is 0 Å². The van der Waals surface area contributed by atoms with Gasteiger partial charge in [-0.15, -0.1) is 0 Å². The second-order valence-electron chi connectivity index (χ2n) is 9.41. The number of fused-ring (bicyclic) bond motifs is 3. The standard InChI is InChI=1S/C31H22O2.CHF3O3S/c32-24-14-10-20(11-15-24)27-19-28-26-9-5-4-8-23(26)18-29(28)31(21-6-2-1-3-7-21)30(27)22-12-16-25(33)17-13-22;2-1(3,4)8(5,6)7/h1-17,19,32-33H,18H2;(H,5,6,7). The summed E-state index contributed by atoms with van der Waals surface area (Å²) in [5.74, 6) is 0.500. The summed E-state index contributed by atoms with van der Waals surface area (Å²) in [5.41, 5.74) is 6.40. The Balaban J connectivity index is 0.000000372. The molecule has 0 amide bonds. The molecular weight excluding hydrogens is 553 g/mol. The van der Waals surface area contributed by atoms with Crippen molar-refractivity contribution < 1.29 is 36.4 Å². The topological polar surface area (TPSA) is 94.8 Å². The fourth-order valence-corrected chi connectivity index (χ4v) is 5.00. The van der Waals surface area contributed by atoms with Gasteiger partial charge in [-0.1, -0.05) is 78.9 Å². The van der Waals surface area contributed by atoms with E-state index in [9.17, 15) is 23.4 Å². The highest BCUT2D eigenvalue weighted by atomic mass is 32.2. The molecule has 41 heavy (non-hydrogen) atoms. The highest BCUT2D eigenvalue weighted by Gasteiger charge is 2.44. The summed E-state index contributed by atoms with van der Waals surface area (Å²) in [6.45, 7) is 0. The second kappa shape index (κ2) is 10.8. The molecule has 0 unspecified atom stereocenters. The highest BCUT2D eigenvalue weighted by Crippen LogP contribution is 2.50. The lowest BCUT2D eigenvalue weighted by atomic mass is 9.82. The zero-order valence-corrected chi connectivity index (χ0v) is 22.1. The van der Waals surface area contributed by atoms with Crippen molar-refractivity contribution in [3.8, 4) is 56.0 Å². The van der Waals surface area contributed by atoms with E-state index in [0.717, 1.165) is 28.7 Å². The molecule has 9 heteroatoms. The molecule has 0 bridgehead atoms. The van der Waals surface area contributed by atoms with Crippen LogP contribution in [0.4, 0.5) is 13.2 Å². The van der Waals surface area contributed by atoms with Gasteiger partial charge in [-0.25, -0.2) is 0 Å². The second-order valence-corrected chi connectivity index (χ2v) is 10.8. The Morgan fingerprint density at radius 3 is 1.63 bits per heavy atom. The molecule has 0 heterocycles. The smallest absolute Gasteiger partial charge is 0.508 e. The Bertz CT molecular complexity index is 1820. The van der Waals surface area contributed by atoms with Crippen LogP contribution in [0.15, 0.2) is 109 Å². The molecule has 1 aliphatic carbocycles. The largest absolute Gasteiger partial charge is 0.522 e. The summed E-state index contributed by atoms with van der Waals surface area (Å²) in [5, 5.41) is 19.9. The molecule has 0 saturated heterocycles. The molecule has 3 N–H and O–H groups in total. The number of hydrogen-bond acceptors (Lipinski definition) is 4.